The number of anilines is 1. The molecule has 1 rings (SSSR count). The van der Waals surface area contributed by atoms with E-state index in [2.05, 4.69) is 4.74 Å². The molecule has 102 valence electrons. The standard InChI is InChI=1S/C14H17NO4/c1-5-11-6-9(2)12(14(18)19-4)7-13(11)15(8-16)10(3)17/h6-8H,5H2,1-4H3. The Morgan fingerprint density at radius 2 is 2.00 bits per heavy atom. The Hall–Kier alpha value is -2.17. The van der Waals surface area contributed by atoms with Gasteiger partial charge in [0.25, 0.3) is 0 Å². The fourth-order valence-corrected chi connectivity index (χ4v) is 1.89. The van der Waals surface area contributed by atoms with Crippen LogP contribution in [0.15, 0.2) is 12.1 Å². The van der Waals surface area contributed by atoms with Crippen molar-refractivity contribution < 1.29 is 19.1 Å². The van der Waals surface area contributed by atoms with E-state index >= 15 is 0 Å². The Labute approximate surface area is 112 Å². The fraction of sp³-hybridized carbons (Fsp3) is 0.357. The van der Waals surface area contributed by atoms with Crippen LogP contribution in [0.25, 0.3) is 0 Å². The molecule has 0 atom stereocenters. The first-order valence-corrected chi connectivity index (χ1v) is 5.93. The van der Waals surface area contributed by atoms with Gasteiger partial charge in [-0.2, -0.15) is 0 Å². The molecule has 0 aromatic heterocycles. The van der Waals surface area contributed by atoms with E-state index in [9.17, 15) is 14.4 Å². The van der Waals surface area contributed by atoms with E-state index in [0.29, 0.717) is 24.1 Å². The lowest BCUT2D eigenvalue weighted by molar-refractivity contribution is -0.120. The molecule has 0 aliphatic rings. The zero-order valence-electron chi connectivity index (χ0n) is 11.5. The van der Waals surface area contributed by atoms with Gasteiger partial charge in [-0.1, -0.05) is 13.0 Å². The highest BCUT2D eigenvalue weighted by atomic mass is 16.5. The number of esters is 1. The maximum Gasteiger partial charge on any atom is 0.338 e. The van der Waals surface area contributed by atoms with Crippen LogP contribution in [-0.4, -0.2) is 25.4 Å². The molecule has 0 radical (unpaired) electrons. The number of hydrogen-bond acceptors (Lipinski definition) is 4. The molecular weight excluding hydrogens is 246 g/mol. The van der Waals surface area contributed by atoms with Crippen molar-refractivity contribution in [2.45, 2.75) is 27.2 Å². The van der Waals surface area contributed by atoms with Crippen molar-refractivity contribution in [3.8, 4) is 0 Å². The molecule has 0 fully saturated rings. The molecule has 5 heteroatoms. The second-order valence-corrected chi connectivity index (χ2v) is 4.14. The molecule has 1 aromatic rings. The molecule has 0 unspecified atom stereocenters. The van der Waals surface area contributed by atoms with Crippen molar-refractivity contribution in [3.05, 3.63) is 28.8 Å². The lowest BCUT2D eigenvalue weighted by Gasteiger charge is -2.19. The fourth-order valence-electron chi connectivity index (χ4n) is 1.89. The van der Waals surface area contributed by atoms with Crippen molar-refractivity contribution >= 4 is 24.0 Å². The largest absolute Gasteiger partial charge is 0.465 e. The van der Waals surface area contributed by atoms with Gasteiger partial charge in [0.15, 0.2) is 0 Å². The number of ether oxygens (including phenoxy) is 1. The van der Waals surface area contributed by atoms with E-state index in [1.165, 1.54) is 20.1 Å². The lowest BCUT2D eigenvalue weighted by atomic mass is 10.0. The van der Waals surface area contributed by atoms with Crippen molar-refractivity contribution in [1.82, 2.24) is 0 Å². The Morgan fingerprint density at radius 1 is 1.37 bits per heavy atom. The zero-order chi connectivity index (χ0) is 14.6. The molecule has 0 aliphatic heterocycles. The topological polar surface area (TPSA) is 63.7 Å². The average Bonchev–Trinajstić information content (AvgIpc) is 2.39. The number of nitrogens with zero attached hydrogens (tertiary/aromatic N) is 1. The second-order valence-electron chi connectivity index (χ2n) is 4.14. The highest BCUT2D eigenvalue weighted by Crippen LogP contribution is 2.25. The van der Waals surface area contributed by atoms with Crippen LogP contribution in [0.2, 0.25) is 0 Å². The summed E-state index contributed by atoms with van der Waals surface area (Å²) < 4.78 is 4.69. The third kappa shape index (κ3) is 2.99. The van der Waals surface area contributed by atoms with Gasteiger partial charge >= 0.3 is 5.97 Å². The molecule has 2 amide bonds. The van der Waals surface area contributed by atoms with Gasteiger partial charge < -0.3 is 4.74 Å². The summed E-state index contributed by atoms with van der Waals surface area (Å²) in [5.74, 6) is -0.889. The number of amides is 2. The van der Waals surface area contributed by atoms with Crippen molar-refractivity contribution in [2.24, 2.45) is 0 Å². The van der Waals surface area contributed by atoms with E-state index in [1.807, 2.05) is 6.92 Å². The first-order chi connectivity index (χ1) is 8.96. The van der Waals surface area contributed by atoms with Crippen molar-refractivity contribution in [1.29, 1.82) is 0 Å². The number of hydrogen-bond donors (Lipinski definition) is 0. The number of carbonyl (C=O) groups excluding carboxylic acids is 3. The number of benzene rings is 1. The van der Waals surface area contributed by atoms with Crippen LogP contribution in [0, 0.1) is 6.92 Å². The van der Waals surface area contributed by atoms with Gasteiger partial charge in [0.1, 0.15) is 0 Å². The summed E-state index contributed by atoms with van der Waals surface area (Å²) in [6, 6.07) is 3.32. The lowest BCUT2D eigenvalue weighted by Crippen LogP contribution is -2.28. The zero-order valence-corrected chi connectivity index (χ0v) is 11.5. The van der Waals surface area contributed by atoms with E-state index in [-0.39, 0.29) is 0 Å². The maximum atomic E-state index is 11.7. The molecule has 5 nitrogen and oxygen atoms in total. The summed E-state index contributed by atoms with van der Waals surface area (Å²) in [5.41, 5.74) is 2.35. The first-order valence-electron chi connectivity index (χ1n) is 5.93. The Bertz CT molecular complexity index is 522. The summed E-state index contributed by atoms with van der Waals surface area (Å²) in [6.45, 7) is 5.00. The van der Waals surface area contributed by atoms with Crippen molar-refractivity contribution in [3.63, 3.8) is 0 Å². The molecule has 0 N–H and O–H groups in total. The third-order valence-electron chi connectivity index (χ3n) is 2.92. The van der Waals surface area contributed by atoms with Gasteiger partial charge in [0.2, 0.25) is 12.3 Å². The van der Waals surface area contributed by atoms with Gasteiger partial charge in [0.05, 0.1) is 18.4 Å². The average molecular weight is 263 g/mol. The van der Waals surface area contributed by atoms with Gasteiger partial charge in [-0.05, 0) is 30.5 Å². The van der Waals surface area contributed by atoms with Gasteiger partial charge in [-0.15, -0.1) is 0 Å². The summed E-state index contributed by atoms with van der Waals surface area (Å²) in [6.07, 6.45) is 1.10. The summed E-state index contributed by atoms with van der Waals surface area (Å²) in [4.78, 5) is 35.1. The molecular formula is C14H17NO4. The Balaban J connectivity index is 3.47. The van der Waals surface area contributed by atoms with Crippen LogP contribution < -0.4 is 4.90 Å². The Morgan fingerprint density at radius 3 is 2.42 bits per heavy atom. The van der Waals surface area contributed by atoms with Gasteiger partial charge in [-0.25, -0.2) is 4.79 Å². The summed E-state index contributed by atoms with van der Waals surface area (Å²) in [7, 11) is 1.29. The predicted octanol–water partition coefficient (Wildman–Crippen LogP) is 1.85. The monoisotopic (exact) mass is 263 g/mol. The van der Waals surface area contributed by atoms with E-state index in [1.54, 1.807) is 13.0 Å². The van der Waals surface area contributed by atoms with Gasteiger partial charge in [-0.3, -0.25) is 14.5 Å². The molecule has 0 saturated carbocycles. The first kappa shape index (κ1) is 14.9. The highest BCUT2D eigenvalue weighted by molar-refractivity contribution is 6.07. The van der Waals surface area contributed by atoms with Crippen LogP contribution in [0.5, 0.6) is 0 Å². The highest BCUT2D eigenvalue weighted by Gasteiger charge is 2.19. The number of aryl methyl sites for hydroxylation is 2. The SMILES string of the molecule is CCc1cc(C)c(C(=O)OC)cc1N(C=O)C(C)=O. The quantitative estimate of drug-likeness (QED) is 0.614. The molecule has 19 heavy (non-hydrogen) atoms. The summed E-state index contributed by atoms with van der Waals surface area (Å²) >= 11 is 0. The molecule has 0 bridgehead atoms. The smallest absolute Gasteiger partial charge is 0.338 e. The molecule has 0 saturated heterocycles. The van der Waals surface area contributed by atoms with E-state index in [4.69, 9.17) is 0 Å². The third-order valence-corrected chi connectivity index (χ3v) is 2.92. The number of imide groups is 1. The molecule has 1 aromatic carbocycles. The number of rotatable bonds is 4. The number of carbonyl (C=O) groups is 3. The van der Waals surface area contributed by atoms with Gasteiger partial charge in [0, 0.05) is 6.92 Å². The molecule has 0 spiro atoms. The minimum absolute atomic E-state index is 0.350. The van der Waals surface area contributed by atoms with E-state index < -0.39 is 11.9 Å². The number of methoxy groups -OCH3 is 1. The van der Waals surface area contributed by atoms with Crippen molar-refractivity contribution in [2.75, 3.05) is 12.0 Å². The minimum atomic E-state index is -0.490. The second kappa shape index (κ2) is 6.13. The maximum absolute atomic E-state index is 11.7. The Kier molecular flexibility index (Phi) is 4.80. The van der Waals surface area contributed by atoms with E-state index in [0.717, 1.165) is 16.0 Å². The summed E-state index contributed by atoms with van der Waals surface area (Å²) in [5, 5.41) is 0. The molecule has 0 heterocycles. The van der Waals surface area contributed by atoms with Crippen LogP contribution in [0.1, 0.15) is 35.3 Å². The molecule has 0 aliphatic carbocycles. The minimum Gasteiger partial charge on any atom is -0.465 e. The normalized spacial score (nSPS) is 9.89. The van der Waals surface area contributed by atoms with Crippen LogP contribution in [0.4, 0.5) is 5.69 Å². The predicted molar refractivity (Wildman–Crippen MR) is 71.1 cm³/mol. The van der Waals surface area contributed by atoms with Crippen LogP contribution in [-0.2, 0) is 20.7 Å². The van der Waals surface area contributed by atoms with Crippen LogP contribution >= 0.6 is 0 Å². The van der Waals surface area contributed by atoms with Crippen LogP contribution in [0.3, 0.4) is 0 Å².